The van der Waals surface area contributed by atoms with Crippen molar-refractivity contribution in [2.75, 3.05) is 0 Å². The van der Waals surface area contributed by atoms with Crippen LogP contribution in [0.2, 0.25) is 5.02 Å². The Morgan fingerprint density at radius 1 is 1.00 bits per heavy atom. The number of halogens is 1. The van der Waals surface area contributed by atoms with Crippen LogP contribution in [0.5, 0.6) is 0 Å². The van der Waals surface area contributed by atoms with Crippen LogP contribution in [0.15, 0.2) is 88.4 Å². The van der Waals surface area contributed by atoms with Crippen molar-refractivity contribution >= 4 is 34.7 Å². The molecule has 6 rings (SSSR count). The maximum Gasteiger partial charge on any atom is 0.271 e. The molecular formula is C26H18ClN3OS. The zero-order valence-electron chi connectivity index (χ0n) is 17.0. The van der Waals surface area contributed by atoms with Crippen molar-refractivity contribution in [3.8, 4) is 0 Å². The molecule has 2 aliphatic rings. The number of benzene rings is 2. The van der Waals surface area contributed by atoms with E-state index in [4.69, 9.17) is 16.6 Å². The lowest BCUT2D eigenvalue weighted by Crippen LogP contribution is -2.38. The molecule has 0 fully saturated rings. The molecule has 0 saturated carbocycles. The summed E-state index contributed by atoms with van der Waals surface area (Å²) in [5, 5.41) is 0.682. The lowest BCUT2D eigenvalue weighted by atomic mass is 9.83. The summed E-state index contributed by atoms with van der Waals surface area (Å²) in [7, 11) is 0. The van der Waals surface area contributed by atoms with E-state index < -0.39 is 0 Å². The zero-order valence-corrected chi connectivity index (χ0v) is 18.6. The van der Waals surface area contributed by atoms with Gasteiger partial charge >= 0.3 is 0 Å². The van der Waals surface area contributed by atoms with Crippen LogP contribution in [0.25, 0.3) is 11.8 Å². The first-order valence-electron chi connectivity index (χ1n) is 10.5. The first kappa shape index (κ1) is 19.4. The summed E-state index contributed by atoms with van der Waals surface area (Å²) >= 11 is 7.61. The Labute approximate surface area is 193 Å². The molecule has 0 amide bonds. The van der Waals surface area contributed by atoms with Crippen molar-refractivity contribution in [2.45, 2.75) is 18.9 Å². The van der Waals surface area contributed by atoms with Crippen molar-refractivity contribution in [1.82, 2.24) is 9.55 Å². The lowest BCUT2D eigenvalue weighted by Gasteiger charge is -2.30. The highest BCUT2D eigenvalue weighted by Gasteiger charge is 2.32. The highest BCUT2D eigenvalue weighted by atomic mass is 35.5. The van der Waals surface area contributed by atoms with Crippen molar-refractivity contribution in [3.63, 3.8) is 0 Å². The summed E-state index contributed by atoms with van der Waals surface area (Å²) in [5.41, 5.74) is 6.64. The van der Waals surface area contributed by atoms with Gasteiger partial charge in [-0.05, 0) is 65.4 Å². The van der Waals surface area contributed by atoms with Crippen molar-refractivity contribution in [2.24, 2.45) is 4.99 Å². The molecule has 1 aliphatic carbocycles. The molecule has 0 N–H and O–H groups in total. The fourth-order valence-corrected chi connectivity index (χ4v) is 5.71. The molecule has 32 heavy (non-hydrogen) atoms. The average Bonchev–Trinajstić information content (AvgIpc) is 3.13. The Morgan fingerprint density at radius 2 is 1.78 bits per heavy atom. The maximum absolute atomic E-state index is 13.6. The van der Waals surface area contributed by atoms with Crippen molar-refractivity contribution in [3.05, 3.63) is 126 Å². The van der Waals surface area contributed by atoms with Gasteiger partial charge in [0.15, 0.2) is 4.80 Å². The van der Waals surface area contributed by atoms with Gasteiger partial charge in [-0.15, -0.1) is 0 Å². The third-order valence-electron chi connectivity index (χ3n) is 6.06. The number of aryl methyl sites for hydroxylation is 1. The Morgan fingerprint density at radius 3 is 2.59 bits per heavy atom. The normalized spacial score (nSPS) is 17.4. The minimum Gasteiger partial charge on any atom is -0.272 e. The summed E-state index contributed by atoms with van der Waals surface area (Å²) in [4.78, 5) is 23.4. The fourth-order valence-electron chi connectivity index (χ4n) is 4.58. The summed E-state index contributed by atoms with van der Waals surface area (Å²) in [6, 6.07) is 19.9. The van der Waals surface area contributed by atoms with Gasteiger partial charge in [0.25, 0.3) is 5.56 Å². The van der Waals surface area contributed by atoms with Crippen LogP contribution in [0.3, 0.4) is 0 Å². The van der Waals surface area contributed by atoms with Gasteiger partial charge in [0.05, 0.1) is 16.3 Å². The molecule has 3 heterocycles. The summed E-state index contributed by atoms with van der Waals surface area (Å²) < 4.78 is 2.52. The number of hydrogen-bond donors (Lipinski definition) is 0. The third-order valence-corrected chi connectivity index (χ3v) is 7.30. The van der Waals surface area contributed by atoms with E-state index in [0.717, 1.165) is 34.5 Å². The van der Waals surface area contributed by atoms with Crippen LogP contribution in [0.1, 0.15) is 34.7 Å². The molecular weight excluding hydrogens is 438 g/mol. The van der Waals surface area contributed by atoms with E-state index in [9.17, 15) is 4.79 Å². The standard InChI is InChI=1S/C26H18ClN3OS/c27-19-8-5-18(6-9-19)24-21-10-7-17-3-1-2-4-20(17)23(21)29-26-30(24)25(31)22(32-26)15-16-11-13-28-14-12-16/h1-6,8-9,11-15,24H,7,10H2/b22-15+/t24-/m1/s1. The molecule has 6 heteroatoms. The van der Waals surface area contributed by atoms with Gasteiger partial charge in [-0.2, -0.15) is 0 Å². The largest absolute Gasteiger partial charge is 0.272 e. The topological polar surface area (TPSA) is 47.2 Å². The highest BCUT2D eigenvalue weighted by Crippen LogP contribution is 2.41. The summed E-state index contributed by atoms with van der Waals surface area (Å²) in [5.74, 6) is 0. The average molecular weight is 456 g/mol. The maximum atomic E-state index is 13.6. The van der Waals surface area contributed by atoms with E-state index in [-0.39, 0.29) is 11.6 Å². The quantitative estimate of drug-likeness (QED) is 0.450. The molecule has 0 spiro atoms. The van der Waals surface area contributed by atoms with Gasteiger partial charge in [-0.25, -0.2) is 4.99 Å². The van der Waals surface area contributed by atoms with E-state index in [0.29, 0.717) is 9.55 Å². The first-order chi connectivity index (χ1) is 15.7. The molecule has 0 saturated heterocycles. The molecule has 1 atom stereocenters. The molecule has 0 bridgehead atoms. The molecule has 2 aromatic carbocycles. The summed E-state index contributed by atoms with van der Waals surface area (Å²) in [6.45, 7) is 0. The van der Waals surface area contributed by atoms with E-state index in [1.165, 1.54) is 28.0 Å². The minimum absolute atomic E-state index is 0.0177. The Kier molecular flexibility index (Phi) is 4.67. The van der Waals surface area contributed by atoms with E-state index in [1.807, 2.05) is 47.0 Å². The summed E-state index contributed by atoms with van der Waals surface area (Å²) in [6.07, 6.45) is 7.19. The zero-order chi connectivity index (χ0) is 21.7. The fraction of sp³-hybridized carbons (Fsp3) is 0.115. The second-order valence-electron chi connectivity index (χ2n) is 7.95. The van der Waals surface area contributed by atoms with Crippen LogP contribution >= 0.6 is 22.9 Å². The number of fused-ring (bicyclic) bond motifs is 3. The molecule has 4 nitrogen and oxygen atoms in total. The lowest BCUT2D eigenvalue weighted by molar-refractivity contribution is 0.585. The first-order valence-corrected chi connectivity index (χ1v) is 11.7. The van der Waals surface area contributed by atoms with Gasteiger partial charge in [0.2, 0.25) is 0 Å². The number of pyridine rings is 1. The van der Waals surface area contributed by atoms with Gasteiger partial charge in [-0.3, -0.25) is 14.3 Å². The predicted molar refractivity (Wildman–Crippen MR) is 128 cm³/mol. The van der Waals surface area contributed by atoms with Crippen LogP contribution in [-0.2, 0) is 6.42 Å². The smallest absolute Gasteiger partial charge is 0.271 e. The third kappa shape index (κ3) is 3.17. The SMILES string of the molecule is O=c1/c(=C\c2ccncc2)sc2n1[C@H](c1ccc(Cl)cc1)C1=C(N=2)c2ccccc2CC1. The van der Waals surface area contributed by atoms with Gasteiger partial charge < -0.3 is 0 Å². The number of allylic oxidation sites excluding steroid dienone is 1. The predicted octanol–water partition coefficient (Wildman–Crippen LogP) is 4.37. The molecule has 2 aromatic heterocycles. The number of nitrogens with zero attached hydrogens (tertiary/aromatic N) is 3. The number of rotatable bonds is 2. The van der Waals surface area contributed by atoms with E-state index >= 15 is 0 Å². The number of aromatic nitrogens is 2. The second-order valence-corrected chi connectivity index (χ2v) is 9.39. The number of hydrogen-bond acceptors (Lipinski definition) is 4. The van der Waals surface area contributed by atoms with E-state index in [2.05, 4.69) is 29.2 Å². The highest BCUT2D eigenvalue weighted by molar-refractivity contribution is 7.07. The molecule has 0 radical (unpaired) electrons. The Hall–Kier alpha value is -3.28. The Bertz CT molecular complexity index is 1550. The van der Waals surface area contributed by atoms with Crippen LogP contribution in [0.4, 0.5) is 0 Å². The molecule has 1 aliphatic heterocycles. The van der Waals surface area contributed by atoms with Gasteiger partial charge in [-0.1, -0.05) is 59.3 Å². The Balaban J connectivity index is 1.64. The van der Waals surface area contributed by atoms with Crippen LogP contribution in [-0.4, -0.2) is 9.55 Å². The molecule has 156 valence electrons. The van der Waals surface area contributed by atoms with Crippen LogP contribution in [0, 0.1) is 0 Å². The van der Waals surface area contributed by atoms with E-state index in [1.54, 1.807) is 12.4 Å². The molecule has 0 unspecified atom stereocenters. The molecule has 4 aromatic rings. The van der Waals surface area contributed by atoms with Gasteiger partial charge in [0, 0.05) is 23.0 Å². The van der Waals surface area contributed by atoms with Crippen LogP contribution < -0.4 is 14.9 Å². The van der Waals surface area contributed by atoms with Crippen molar-refractivity contribution < 1.29 is 0 Å². The van der Waals surface area contributed by atoms with Crippen molar-refractivity contribution in [1.29, 1.82) is 0 Å². The number of thiazole rings is 1. The van der Waals surface area contributed by atoms with Gasteiger partial charge in [0.1, 0.15) is 0 Å². The minimum atomic E-state index is -0.188. The second kappa shape index (κ2) is 7.69. The monoisotopic (exact) mass is 455 g/mol.